The molecule has 0 saturated heterocycles. The Hall–Kier alpha value is -3.48. The normalized spacial score (nSPS) is 13.3. The molecule has 0 bridgehead atoms. The third kappa shape index (κ3) is 3.96. The number of furan rings is 1. The molecule has 1 aliphatic rings. The maximum absolute atomic E-state index is 12.2. The number of benzene rings is 2. The topological polar surface area (TPSA) is 87.0 Å². The molecule has 0 unspecified atom stereocenters. The third-order valence-corrected chi connectivity index (χ3v) is 5.31. The minimum atomic E-state index is -0.484. The van der Waals surface area contributed by atoms with Crippen molar-refractivity contribution in [3.05, 3.63) is 58.8 Å². The first kappa shape index (κ1) is 19.8. The van der Waals surface area contributed by atoms with Crippen molar-refractivity contribution in [2.24, 2.45) is 0 Å². The fourth-order valence-corrected chi connectivity index (χ4v) is 3.43. The number of aryl methyl sites for hydroxylation is 2. The molecular weight excluding hydrogens is 386 g/mol. The van der Waals surface area contributed by atoms with Crippen LogP contribution in [0, 0.1) is 13.8 Å². The Morgan fingerprint density at radius 2 is 1.93 bits per heavy atom. The molecule has 1 aliphatic heterocycles. The molecule has 0 radical (unpaired) electrons. The van der Waals surface area contributed by atoms with E-state index in [1.165, 1.54) is 0 Å². The smallest absolute Gasteiger partial charge is 0.310 e. The minimum Gasteiger partial charge on any atom is -0.464 e. The van der Waals surface area contributed by atoms with Gasteiger partial charge >= 0.3 is 5.97 Å². The van der Waals surface area contributed by atoms with Crippen molar-refractivity contribution in [1.82, 2.24) is 5.32 Å². The van der Waals surface area contributed by atoms with Gasteiger partial charge in [0.25, 0.3) is 5.91 Å². The summed E-state index contributed by atoms with van der Waals surface area (Å²) in [5.41, 5.74) is 4.55. The van der Waals surface area contributed by atoms with Crippen LogP contribution in [0.25, 0.3) is 11.0 Å². The highest BCUT2D eigenvalue weighted by Gasteiger charge is 2.18. The third-order valence-electron chi connectivity index (χ3n) is 5.31. The fourth-order valence-electron chi connectivity index (χ4n) is 3.43. The highest BCUT2D eigenvalue weighted by Crippen LogP contribution is 2.34. The maximum Gasteiger partial charge on any atom is 0.310 e. The lowest BCUT2D eigenvalue weighted by Crippen LogP contribution is -2.31. The Morgan fingerprint density at radius 3 is 2.77 bits per heavy atom. The summed E-state index contributed by atoms with van der Waals surface area (Å²) in [7, 11) is 0. The summed E-state index contributed by atoms with van der Waals surface area (Å²) in [5, 5.41) is 3.70. The standard InChI is InChI=1S/C23H23NO6/c1-13-4-6-18-17(10-28-23(18)14(13)2)9-22(26)27-11-21(25)24-15(3)16-5-7-19-20(8-16)30-12-29-19/h4-8,10,15H,9,11-12H2,1-3H3,(H,24,25)/t15-/m1/s1. The summed E-state index contributed by atoms with van der Waals surface area (Å²) in [6, 6.07) is 9.15. The molecule has 7 heteroatoms. The molecule has 2 heterocycles. The number of nitrogens with one attached hydrogen (secondary N) is 1. The van der Waals surface area contributed by atoms with Crippen LogP contribution in [0.2, 0.25) is 0 Å². The van der Waals surface area contributed by atoms with Crippen LogP contribution in [0.3, 0.4) is 0 Å². The van der Waals surface area contributed by atoms with E-state index in [9.17, 15) is 9.59 Å². The zero-order valence-corrected chi connectivity index (χ0v) is 17.1. The SMILES string of the molecule is Cc1ccc2c(CC(=O)OCC(=O)N[C@H](C)c3ccc4c(c3)OCO4)coc2c1C. The lowest BCUT2D eigenvalue weighted by atomic mass is 10.0. The molecular formula is C23H23NO6. The molecule has 0 spiro atoms. The van der Waals surface area contributed by atoms with Gasteiger partial charge in [0.1, 0.15) is 5.58 Å². The average Bonchev–Trinajstić information content (AvgIpc) is 3.36. The van der Waals surface area contributed by atoms with E-state index in [1.807, 2.05) is 45.0 Å². The van der Waals surface area contributed by atoms with Gasteiger partial charge in [-0.2, -0.15) is 0 Å². The Labute approximate surface area is 173 Å². The van der Waals surface area contributed by atoms with Crippen molar-refractivity contribution in [1.29, 1.82) is 0 Å². The molecule has 1 amide bonds. The number of ether oxygens (including phenoxy) is 3. The molecule has 3 aromatic rings. The van der Waals surface area contributed by atoms with Crippen molar-refractivity contribution in [3.8, 4) is 11.5 Å². The van der Waals surface area contributed by atoms with E-state index in [2.05, 4.69) is 5.32 Å². The quantitative estimate of drug-likeness (QED) is 0.624. The van der Waals surface area contributed by atoms with Gasteiger partial charge < -0.3 is 23.9 Å². The van der Waals surface area contributed by atoms with E-state index >= 15 is 0 Å². The predicted octanol–water partition coefficient (Wildman–Crippen LogP) is 3.74. The number of amides is 1. The minimum absolute atomic E-state index is 0.0422. The van der Waals surface area contributed by atoms with E-state index in [0.29, 0.717) is 11.5 Å². The van der Waals surface area contributed by atoms with Gasteiger partial charge in [0.2, 0.25) is 6.79 Å². The van der Waals surface area contributed by atoms with Crippen LogP contribution in [0.1, 0.15) is 35.2 Å². The van der Waals surface area contributed by atoms with Crippen LogP contribution >= 0.6 is 0 Å². The van der Waals surface area contributed by atoms with Crippen LogP contribution in [-0.2, 0) is 20.7 Å². The van der Waals surface area contributed by atoms with E-state index in [4.69, 9.17) is 18.6 Å². The lowest BCUT2D eigenvalue weighted by molar-refractivity contribution is -0.148. The highest BCUT2D eigenvalue weighted by atomic mass is 16.7. The number of hydrogen-bond acceptors (Lipinski definition) is 6. The summed E-state index contributed by atoms with van der Waals surface area (Å²) < 4.78 is 21.4. The first-order chi connectivity index (χ1) is 14.4. The van der Waals surface area contributed by atoms with Crippen molar-refractivity contribution >= 4 is 22.8 Å². The van der Waals surface area contributed by atoms with E-state index < -0.39 is 5.97 Å². The van der Waals surface area contributed by atoms with Gasteiger partial charge in [-0.1, -0.05) is 18.2 Å². The monoisotopic (exact) mass is 409 g/mol. The predicted molar refractivity (Wildman–Crippen MR) is 109 cm³/mol. The van der Waals surface area contributed by atoms with Crippen molar-refractivity contribution < 1.29 is 28.2 Å². The molecule has 156 valence electrons. The Kier molecular flexibility index (Phi) is 5.35. The van der Waals surface area contributed by atoms with Gasteiger partial charge in [-0.15, -0.1) is 0 Å². The van der Waals surface area contributed by atoms with Gasteiger partial charge in [-0.25, -0.2) is 0 Å². The summed E-state index contributed by atoms with van der Waals surface area (Å²) in [4.78, 5) is 24.4. The summed E-state index contributed by atoms with van der Waals surface area (Å²) >= 11 is 0. The van der Waals surface area contributed by atoms with Crippen molar-refractivity contribution in [2.75, 3.05) is 13.4 Å². The Bertz CT molecular complexity index is 1120. The zero-order chi connectivity index (χ0) is 21.3. The van der Waals surface area contributed by atoms with E-state index in [0.717, 1.165) is 33.2 Å². The Morgan fingerprint density at radius 1 is 1.13 bits per heavy atom. The number of rotatable bonds is 6. The number of carbonyl (C=O) groups is 2. The van der Waals surface area contributed by atoms with Crippen LogP contribution in [-0.4, -0.2) is 25.3 Å². The van der Waals surface area contributed by atoms with Crippen molar-refractivity contribution in [3.63, 3.8) is 0 Å². The second-order valence-electron chi connectivity index (χ2n) is 7.38. The highest BCUT2D eigenvalue weighted by molar-refractivity contribution is 5.89. The molecule has 4 rings (SSSR count). The Balaban J connectivity index is 1.31. The molecule has 1 aromatic heterocycles. The van der Waals surface area contributed by atoms with Crippen molar-refractivity contribution in [2.45, 2.75) is 33.2 Å². The van der Waals surface area contributed by atoms with Crippen LogP contribution in [0.15, 0.2) is 41.0 Å². The molecule has 1 atom stereocenters. The van der Waals surface area contributed by atoms with E-state index in [1.54, 1.807) is 12.3 Å². The number of fused-ring (bicyclic) bond motifs is 2. The first-order valence-corrected chi connectivity index (χ1v) is 9.73. The molecule has 0 saturated carbocycles. The number of carbonyl (C=O) groups excluding carboxylic acids is 2. The molecule has 30 heavy (non-hydrogen) atoms. The van der Waals surface area contributed by atoms with Crippen LogP contribution in [0.4, 0.5) is 0 Å². The molecule has 2 aromatic carbocycles. The number of esters is 1. The average molecular weight is 409 g/mol. The second-order valence-corrected chi connectivity index (χ2v) is 7.38. The van der Waals surface area contributed by atoms with E-state index in [-0.39, 0.29) is 31.8 Å². The zero-order valence-electron chi connectivity index (χ0n) is 17.1. The summed E-state index contributed by atoms with van der Waals surface area (Å²) in [5.74, 6) is 0.472. The molecule has 7 nitrogen and oxygen atoms in total. The van der Waals surface area contributed by atoms with Gasteiger partial charge in [0.15, 0.2) is 18.1 Å². The maximum atomic E-state index is 12.2. The van der Waals surface area contributed by atoms with Gasteiger partial charge in [0.05, 0.1) is 18.7 Å². The van der Waals surface area contributed by atoms with Crippen LogP contribution in [0.5, 0.6) is 11.5 Å². The lowest BCUT2D eigenvalue weighted by Gasteiger charge is -2.15. The fraction of sp³-hybridized carbons (Fsp3) is 0.304. The molecule has 1 N–H and O–H groups in total. The second kappa shape index (κ2) is 8.10. The van der Waals surface area contributed by atoms with Gasteiger partial charge in [-0.3, -0.25) is 9.59 Å². The summed E-state index contributed by atoms with van der Waals surface area (Å²) in [6.45, 7) is 5.69. The molecule has 0 fully saturated rings. The van der Waals surface area contributed by atoms with Gasteiger partial charge in [-0.05, 0) is 49.6 Å². The largest absolute Gasteiger partial charge is 0.464 e. The van der Waals surface area contributed by atoms with Crippen LogP contribution < -0.4 is 14.8 Å². The molecule has 0 aliphatic carbocycles. The van der Waals surface area contributed by atoms with Gasteiger partial charge in [0, 0.05) is 10.9 Å². The first-order valence-electron chi connectivity index (χ1n) is 9.73. The summed E-state index contributed by atoms with van der Waals surface area (Å²) in [6.07, 6.45) is 1.61. The number of hydrogen-bond donors (Lipinski definition) is 1.